The zero-order valence-corrected chi connectivity index (χ0v) is 17.5. The van der Waals surface area contributed by atoms with Gasteiger partial charge in [-0.3, -0.25) is 19.5 Å². The number of halogens is 1. The molecule has 1 saturated heterocycles. The number of pyridine rings is 1. The van der Waals surface area contributed by atoms with Gasteiger partial charge < -0.3 is 20.1 Å². The van der Waals surface area contributed by atoms with Crippen molar-refractivity contribution in [3.05, 3.63) is 65.2 Å². The lowest BCUT2D eigenvalue weighted by Gasteiger charge is -2.34. The highest BCUT2D eigenvalue weighted by molar-refractivity contribution is 6.35. The van der Waals surface area contributed by atoms with E-state index in [1.807, 2.05) is 12.1 Å². The minimum Gasteiger partial charge on any atom is -0.380 e. The van der Waals surface area contributed by atoms with E-state index in [0.29, 0.717) is 24.3 Å². The summed E-state index contributed by atoms with van der Waals surface area (Å²) in [6.45, 7) is 3.21. The maximum atomic E-state index is 13.7. The summed E-state index contributed by atoms with van der Waals surface area (Å²) < 4.78 is 24.1. The topological polar surface area (TPSA) is 92.8 Å². The van der Waals surface area contributed by atoms with E-state index in [2.05, 4.69) is 20.5 Å². The molecule has 31 heavy (non-hydrogen) atoms. The van der Waals surface area contributed by atoms with Crippen molar-refractivity contribution in [1.29, 1.82) is 0 Å². The van der Waals surface area contributed by atoms with Crippen LogP contribution in [0.15, 0.2) is 42.7 Å². The first-order chi connectivity index (χ1) is 15.1. The number of carbonyl (C=O) groups excluding carboxylic acids is 2. The summed E-state index contributed by atoms with van der Waals surface area (Å²) in [6, 6.07) is 8.17. The summed E-state index contributed by atoms with van der Waals surface area (Å²) in [6.07, 6.45) is 3.46. The molecule has 0 aliphatic carbocycles. The normalized spacial score (nSPS) is 15.3. The third kappa shape index (κ3) is 6.55. The average molecular weight is 430 g/mol. The molecule has 1 aliphatic rings. The number of methoxy groups -OCH3 is 1. The Hall–Kier alpha value is -2.88. The number of morpholine rings is 1. The number of aromatic nitrogens is 1. The van der Waals surface area contributed by atoms with Gasteiger partial charge in [0.1, 0.15) is 5.82 Å². The quantitative estimate of drug-likeness (QED) is 0.611. The van der Waals surface area contributed by atoms with Crippen LogP contribution in [-0.2, 0) is 32.2 Å². The molecule has 0 radical (unpaired) electrons. The molecule has 3 rings (SSSR count). The molecule has 1 aromatic heterocycles. The largest absolute Gasteiger partial charge is 0.380 e. The van der Waals surface area contributed by atoms with E-state index in [1.54, 1.807) is 24.5 Å². The second-order valence-corrected chi connectivity index (χ2v) is 7.20. The highest BCUT2D eigenvalue weighted by atomic mass is 19.1. The lowest BCUT2D eigenvalue weighted by molar-refractivity contribution is -0.139. The van der Waals surface area contributed by atoms with Crippen molar-refractivity contribution in [2.75, 3.05) is 40.0 Å². The van der Waals surface area contributed by atoms with Crippen molar-refractivity contribution < 1.29 is 23.5 Å². The zero-order valence-electron chi connectivity index (χ0n) is 17.5. The molecular formula is C22H27FN4O4. The number of ether oxygens (including phenoxy) is 2. The van der Waals surface area contributed by atoms with Crippen molar-refractivity contribution in [1.82, 2.24) is 20.5 Å². The van der Waals surface area contributed by atoms with Gasteiger partial charge in [-0.2, -0.15) is 0 Å². The maximum absolute atomic E-state index is 13.7. The van der Waals surface area contributed by atoms with Crippen molar-refractivity contribution in [3.8, 4) is 0 Å². The van der Waals surface area contributed by atoms with Crippen LogP contribution in [0.2, 0.25) is 0 Å². The Morgan fingerprint density at radius 1 is 1.23 bits per heavy atom. The molecule has 2 heterocycles. The Morgan fingerprint density at radius 2 is 2.00 bits per heavy atom. The van der Waals surface area contributed by atoms with E-state index >= 15 is 0 Å². The first kappa shape index (κ1) is 22.8. The molecule has 0 saturated carbocycles. The second kappa shape index (κ2) is 11.5. The molecule has 166 valence electrons. The molecule has 2 N–H and O–H groups in total. The number of hydrogen-bond donors (Lipinski definition) is 2. The maximum Gasteiger partial charge on any atom is 0.309 e. The molecule has 1 aliphatic heterocycles. The first-order valence-corrected chi connectivity index (χ1v) is 10.1. The van der Waals surface area contributed by atoms with Gasteiger partial charge in [0, 0.05) is 51.2 Å². The predicted molar refractivity (Wildman–Crippen MR) is 111 cm³/mol. The summed E-state index contributed by atoms with van der Waals surface area (Å²) in [7, 11) is 1.48. The van der Waals surface area contributed by atoms with Gasteiger partial charge in [0.2, 0.25) is 0 Å². The number of benzene rings is 1. The summed E-state index contributed by atoms with van der Waals surface area (Å²) >= 11 is 0. The lowest BCUT2D eigenvalue weighted by atomic mass is 10.1. The molecular weight excluding hydrogens is 403 g/mol. The number of amides is 2. The van der Waals surface area contributed by atoms with Gasteiger partial charge >= 0.3 is 11.8 Å². The molecule has 0 spiro atoms. The van der Waals surface area contributed by atoms with Crippen molar-refractivity contribution in [2.45, 2.75) is 19.2 Å². The van der Waals surface area contributed by atoms with E-state index in [-0.39, 0.29) is 31.6 Å². The number of nitrogens with zero attached hydrogens (tertiary/aromatic N) is 2. The highest BCUT2D eigenvalue weighted by Crippen LogP contribution is 2.20. The van der Waals surface area contributed by atoms with E-state index in [1.165, 1.54) is 13.2 Å². The Morgan fingerprint density at radius 3 is 2.71 bits per heavy atom. The molecule has 1 atom stereocenters. The van der Waals surface area contributed by atoms with Gasteiger partial charge in [-0.15, -0.1) is 0 Å². The van der Waals surface area contributed by atoms with E-state index in [9.17, 15) is 14.0 Å². The molecule has 1 fully saturated rings. The van der Waals surface area contributed by atoms with Crippen LogP contribution in [0.25, 0.3) is 0 Å². The van der Waals surface area contributed by atoms with Gasteiger partial charge in [-0.25, -0.2) is 4.39 Å². The van der Waals surface area contributed by atoms with E-state index in [4.69, 9.17) is 9.47 Å². The minimum atomic E-state index is -0.746. The first-order valence-electron chi connectivity index (χ1n) is 10.1. The van der Waals surface area contributed by atoms with Crippen LogP contribution in [0.5, 0.6) is 0 Å². The standard InChI is InChI=1S/C22H27FN4O4/c1-30-15-18-11-16(4-5-19(18)23)12-25-21(28)22(29)26-14-20(17-3-2-6-24-13-17)27-7-9-31-10-8-27/h2-6,11,13,20H,7-10,12,14-15H2,1H3,(H,25,28)(H,26,29). The summed E-state index contributed by atoms with van der Waals surface area (Å²) in [4.78, 5) is 31.0. The molecule has 2 amide bonds. The van der Waals surface area contributed by atoms with Crippen LogP contribution in [-0.4, -0.2) is 61.7 Å². The van der Waals surface area contributed by atoms with Crippen molar-refractivity contribution in [3.63, 3.8) is 0 Å². The number of hydrogen-bond acceptors (Lipinski definition) is 6. The van der Waals surface area contributed by atoms with Gasteiger partial charge in [0.15, 0.2) is 0 Å². The molecule has 2 aromatic rings. The van der Waals surface area contributed by atoms with Crippen LogP contribution in [0, 0.1) is 5.82 Å². The number of nitrogens with one attached hydrogen (secondary N) is 2. The Bertz CT molecular complexity index is 875. The van der Waals surface area contributed by atoms with Crippen molar-refractivity contribution in [2.24, 2.45) is 0 Å². The average Bonchev–Trinajstić information content (AvgIpc) is 2.81. The smallest absolute Gasteiger partial charge is 0.309 e. The molecule has 1 unspecified atom stereocenters. The monoisotopic (exact) mass is 430 g/mol. The third-order valence-corrected chi connectivity index (χ3v) is 5.08. The fraction of sp³-hybridized carbons (Fsp3) is 0.409. The van der Waals surface area contributed by atoms with Crippen LogP contribution in [0.4, 0.5) is 4.39 Å². The number of carbonyl (C=O) groups is 2. The minimum absolute atomic E-state index is 0.108. The summed E-state index contributed by atoms with van der Waals surface area (Å²) in [5.74, 6) is -1.84. The Kier molecular flexibility index (Phi) is 8.45. The lowest BCUT2D eigenvalue weighted by Crippen LogP contribution is -2.46. The fourth-order valence-corrected chi connectivity index (χ4v) is 3.46. The molecule has 0 bridgehead atoms. The molecule has 8 nitrogen and oxygen atoms in total. The van der Waals surface area contributed by atoms with Crippen LogP contribution in [0.1, 0.15) is 22.7 Å². The van der Waals surface area contributed by atoms with Crippen LogP contribution in [0.3, 0.4) is 0 Å². The fourth-order valence-electron chi connectivity index (χ4n) is 3.46. The van der Waals surface area contributed by atoms with Crippen LogP contribution < -0.4 is 10.6 Å². The SMILES string of the molecule is COCc1cc(CNC(=O)C(=O)NCC(c2cccnc2)N2CCOCC2)ccc1F. The second-order valence-electron chi connectivity index (χ2n) is 7.20. The van der Waals surface area contributed by atoms with E-state index in [0.717, 1.165) is 18.7 Å². The zero-order chi connectivity index (χ0) is 22.1. The highest BCUT2D eigenvalue weighted by Gasteiger charge is 2.24. The molecule has 9 heteroatoms. The van der Waals surface area contributed by atoms with Gasteiger partial charge in [0.05, 0.1) is 25.9 Å². The Labute approximate surface area is 180 Å². The van der Waals surface area contributed by atoms with E-state index < -0.39 is 11.8 Å². The van der Waals surface area contributed by atoms with Gasteiger partial charge in [0.25, 0.3) is 0 Å². The third-order valence-electron chi connectivity index (χ3n) is 5.08. The summed E-state index contributed by atoms with van der Waals surface area (Å²) in [5, 5.41) is 5.28. The van der Waals surface area contributed by atoms with Gasteiger partial charge in [-0.05, 0) is 29.3 Å². The predicted octanol–water partition coefficient (Wildman–Crippen LogP) is 1.17. The van der Waals surface area contributed by atoms with Crippen LogP contribution >= 0.6 is 0 Å². The van der Waals surface area contributed by atoms with Crippen molar-refractivity contribution >= 4 is 11.8 Å². The van der Waals surface area contributed by atoms with Gasteiger partial charge in [-0.1, -0.05) is 12.1 Å². The molecule has 1 aromatic carbocycles. The Balaban J connectivity index is 1.55. The summed E-state index contributed by atoms with van der Waals surface area (Å²) in [5.41, 5.74) is 2.03. The number of rotatable bonds is 8.